The fourth-order valence-electron chi connectivity index (χ4n) is 2.42. The van der Waals surface area contributed by atoms with E-state index in [9.17, 15) is 16.8 Å². The van der Waals surface area contributed by atoms with Gasteiger partial charge in [-0.3, -0.25) is 0 Å². The smallest absolute Gasteiger partial charge is 0.207 e. The van der Waals surface area contributed by atoms with E-state index in [0.717, 1.165) is 0 Å². The van der Waals surface area contributed by atoms with Crippen molar-refractivity contribution in [3.63, 3.8) is 0 Å². The maximum Gasteiger partial charge on any atom is 0.261 e. The predicted molar refractivity (Wildman–Crippen MR) is 87.5 cm³/mol. The summed E-state index contributed by atoms with van der Waals surface area (Å²) in [5, 5.41) is 1.97. The largest absolute Gasteiger partial charge is 0.261 e. The Morgan fingerprint density at radius 3 is 1.32 bits per heavy atom. The van der Waals surface area contributed by atoms with Crippen LogP contribution in [-0.4, -0.2) is 16.8 Å². The minimum Gasteiger partial charge on any atom is -0.207 e. The number of hydrogen-bond acceptors (Lipinski definition) is 4. The van der Waals surface area contributed by atoms with Crippen molar-refractivity contribution in [1.29, 1.82) is 0 Å². The molecule has 3 aromatic carbocycles. The second-order valence-electron chi connectivity index (χ2n) is 4.68. The Morgan fingerprint density at radius 1 is 0.636 bits per heavy atom. The van der Waals surface area contributed by atoms with Crippen molar-refractivity contribution in [2.24, 2.45) is 0 Å². The van der Waals surface area contributed by atoms with Crippen LogP contribution in [0.2, 0.25) is 0 Å². The Balaban J connectivity index is 2.52. The van der Waals surface area contributed by atoms with Crippen LogP contribution >= 0.6 is 21.4 Å². The highest BCUT2D eigenvalue weighted by Gasteiger charge is 2.17. The van der Waals surface area contributed by atoms with Crippen molar-refractivity contribution in [2.45, 2.75) is 9.79 Å². The lowest BCUT2D eigenvalue weighted by atomic mass is 10.0. The van der Waals surface area contributed by atoms with Crippen molar-refractivity contribution in [3.8, 4) is 0 Å². The second-order valence-corrected chi connectivity index (χ2v) is 9.75. The SMILES string of the molecule is O=S(=O)(Cl)c1cccc2cc3c(S(=O)(=O)Cl)cccc3cc12. The molecule has 0 radical (unpaired) electrons. The van der Waals surface area contributed by atoms with E-state index in [1.54, 1.807) is 36.4 Å². The van der Waals surface area contributed by atoms with E-state index < -0.39 is 18.1 Å². The molecule has 0 aliphatic heterocycles. The van der Waals surface area contributed by atoms with E-state index in [2.05, 4.69) is 0 Å². The lowest BCUT2D eigenvalue weighted by Gasteiger charge is -2.08. The van der Waals surface area contributed by atoms with E-state index in [-0.39, 0.29) is 9.79 Å². The van der Waals surface area contributed by atoms with Crippen molar-refractivity contribution in [3.05, 3.63) is 48.5 Å². The summed E-state index contributed by atoms with van der Waals surface area (Å²) in [4.78, 5) is -0.0413. The number of rotatable bonds is 2. The van der Waals surface area contributed by atoms with Crippen LogP contribution in [0.1, 0.15) is 0 Å². The van der Waals surface area contributed by atoms with E-state index in [1.165, 1.54) is 12.1 Å². The zero-order valence-corrected chi connectivity index (χ0v) is 14.0. The average molecular weight is 375 g/mol. The number of fused-ring (bicyclic) bond motifs is 2. The first kappa shape index (κ1) is 15.6. The molecule has 0 unspecified atom stereocenters. The van der Waals surface area contributed by atoms with Gasteiger partial charge in [-0.1, -0.05) is 24.3 Å². The van der Waals surface area contributed by atoms with Gasteiger partial charge in [-0.25, -0.2) is 16.8 Å². The molecule has 0 aromatic heterocycles. The lowest BCUT2D eigenvalue weighted by molar-refractivity contribution is 0.608. The van der Waals surface area contributed by atoms with E-state index >= 15 is 0 Å². The van der Waals surface area contributed by atoms with Crippen LogP contribution in [0.15, 0.2) is 58.3 Å². The fraction of sp³-hybridized carbons (Fsp3) is 0. The third-order valence-corrected chi connectivity index (χ3v) is 6.08. The van der Waals surface area contributed by atoms with Crippen LogP contribution in [0.25, 0.3) is 21.5 Å². The predicted octanol–water partition coefficient (Wildman–Crippen LogP) is 3.85. The van der Waals surface area contributed by atoms with Gasteiger partial charge in [-0.15, -0.1) is 0 Å². The minimum atomic E-state index is -3.91. The average Bonchev–Trinajstić information content (AvgIpc) is 2.41. The normalized spacial score (nSPS) is 12.8. The Labute approximate surface area is 136 Å². The summed E-state index contributed by atoms with van der Waals surface area (Å²) in [6.45, 7) is 0. The van der Waals surface area contributed by atoms with E-state index in [1.807, 2.05) is 0 Å². The molecular weight excluding hydrogens is 367 g/mol. The number of hydrogen-bond donors (Lipinski definition) is 0. The standard InChI is InChI=1S/C14H8Cl2O4S2/c15-21(17,18)13-5-1-3-9-7-12-10(8-11(9)13)4-2-6-14(12)22(16,19)20/h1-8H. The quantitative estimate of drug-likeness (QED) is 0.504. The van der Waals surface area contributed by atoms with E-state index in [0.29, 0.717) is 21.5 Å². The summed E-state index contributed by atoms with van der Waals surface area (Å²) in [5.41, 5.74) is 0. The molecule has 0 fully saturated rings. The van der Waals surface area contributed by atoms with Gasteiger partial charge >= 0.3 is 0 Å². The van der Waals surface area contributed by atoms with Crippen LogP contribution in [0, 0.1) is 0 Å². The molecule has 0 amide bonds. The van der Waals surface area contributed by atoms with Crippen molar-refractivity contribution in [1.82, 2.24) is 0 Å². The third-order valence-electron chi connectivity index (χ3n) is 3.32. The summed E-state index contributed by atoms with van der Waals surface area (Å²) in [7, 11) is 3.08. The van der Waals surface area contributed by atoms with Crippen LogP contribution in [0.5, 0.6) is 0 Å². The molecule has 0 saturated heterocycles. The summed E-state index contributed by atoms with van der Waals surface area (Å²) >= 11 is 0. The Morgan fingerprint density at radius 2 is 1.00 bits per heavy atom. The molecule has 8 heteroatoms. The summed E-state index contributed by atoms with van der Waals surface area (Å²) in [6.07, 6.45) is 0. The van der Waals surface area contributed by atoms with Gasteiger partial charge in [0.05, 0.1) is 9.79 Å². The molecule has 0 bridgehead atoms. The second kappa shape index (κ2) is 5.09. The molecule has 0 heterocycles. The van der Waals surface area contributed by atoms with Gasteiger partial charge in [0.25, 0.3) is 18.1 Å². The van der Waals surface area contributed by atoms with Crippen LogP contribution < -0.4 is 0 Å². The first-order valence-electron chi connectivity index (χ1n) is 6.03. The molecule has 3 aromatic rings. The Bertz CT molecular complexity index is 1030. The Kier molecular flexibility index (Phi) is 3.60. The minimum absolute atomic E-state index is 0.0206. The van der Waals surface area contributed by atoms with Gasteiger partial charge < -0.3 is 0 Å². The molecule has 4 nitrogen and oxygen atoms in total. The highest BCUT2D eigenvalue weighted by atomic mass is 35.7. The van der Waals surface area contributed by atoms with Gasteiger partial charge in [0.2, 0.25) is 0 Å². The molecular formula is C14H8Cl2O4S2. The summed E-state index contributed by atoms with van der Waals surface area (Å²) in [6, 6.07) is 12.4. The molecule has 114 valence electrons. The van der Waals surface area contributed by atoms with Gasteiger partial charge in [0.15, 0.2) is 0 Å². The number of halogens is 2. The lowest BCUT2D eigenvalue weighted by Crippen LogP contribution is -1.94. The summed E-state index contributed by atoms with van der Waals surface area (Å²) in [5.74, 6) is 0. The molecule has 0 N–H and O–H groups in total. The third kappa shape index (κ3) is 2.67. The van der Waals surface area contributed by atoms with Gasteiger partial charge in [-0.05, 0) is 35.0 Å². The van der Waals surface area contributed by atoms with Crippen LogP contribution in [-0.2, 0) is 18.1 Å². The maximum atomic E-state index is 11.7. The van der Waals surface area contributed by atoms with Crippen molar-refractivity contribution < 1.29 is 16.8 Å². The molecule has 0 atom stereocenters. The van der Waals surface area contributed by atoms with Crippen molar-refractivity contribution in [2.75, 3.05) is 0 Å². The highest BCUT2D eigenvalue weighted by molar-refractivity contribution is 8.14. The molecule has 3 rings (SSSR count). The van der Waals surface area contributed by atoms with Gasteiger partial charge in [-0.2, -0.15) is 0 Å². The zero-order chi connectivity index (χ0) is 16.1. The van der Waals surface area contributed by atoms with Crippen LogP contribution in [0.3, 0.4) is 0 Å². The molecule has 0 aliphatic carbocycles. The van der Waals surface area contributed by atoms with Crippen molar-refractivity contribution >= 4 is 61.0 Å². The summed E-state index contributed by atoms with van der Waals surface area (Å²) < 4.78 is 46.6. The van der Waals surface area contributed by atoms with Gasteiger partial charge in [0.1, 0.15) is 0 Å². The maximum absolute atomic E-state index is 11.7. The number of benzene rings is 3. The molecule has 0 aliphatic rings. The first-order valence-corrected chi connectivity index (χ1v) is 10.6. The topological polar surface area (TPSA) is 68.3 Å². The zero-order valence-electron chi connectivity index (χ0n) is 10.8. The van der Waals surface area contributed by atoms with Crippen LogP contribution in [0.4, 0.5) is 0 Å². The molecule has 0 spiro atoms. The van der Waals surface area contributed by atoms with Gasteiger partial charge in [0, 0.05) is 32.1 Å². The molecule has 0 saturated carbocycles. The molecule has 22 heavy (non-hydrogen) atoms. The fourth-order valence-corrected chi connectivity index (χ4v) is 4.59. The highest BCUT2D eigenvalue weighted by Crippen LogP contribution is 2.33. The Hall–Kier alpha value is -1.34. The first-order chi connectivity index (χ1) is 10.2. The van der Waals surface area contributed by atoms with E-state index in [4.69, 9.17) is 21.4 Å². The monoisotopic (exact) mass is 374 g/mol.